The fraction of sp³-hybridized carbons (Fsp3) is 0.909. The maximum atomic E-state index is 11.7. The predicted octanol–water partition coefficient (Wildman–Crippen LogP) is 1.24. The van der Waals surface area contributed by atoms with Crippen molar-refractivity contribution in [3.63, 3.8) is 0 Å². The molecule has 0 bridgehead atoms. The normalized spacial score (nSPS) is 12.7. The molecular weight excluding hydrogens is 176 g/mol. The summed E-state index contributed by atoms with van der Waals surface area (Å²) in [6.07, 6.45) is 0.878. The lowest BCUT2D eigenvalue weighted by molar-refractivity contribution is -0.869. The number of carbonyl (C=O) groups excluding carboxylic acids is 1. The maximum Gasteiger partial charge on any atom is 0.225 e. The molecule has 0 fully saturated rings. The molecule has 0 aliphatic heterocycles. The molecule has 1 N–H and O–H groups in total. The Hall–Kier alpha value is -0.570. The highest BCUT2D eigenvalue weighted by Gasteiger charge is 2.24. The summed E-state index contributed by atoms with van der Waals surface area (Å²) in [7, 11) is 6.37. The van der Waals surface area contributed by atoms with Gasteiger partial charge in [-0.2, -0.15) is 0 Å². The van der Waals surface area contributed by atoms with Crippen LogP contribution in [0, 0.1) is 5.41 Å². The van der Waals surface area contributed by atoms with E-state index in [1.807, 2.05) is 20.8 Å². The average molecular weight is 201 g/mol. The third-order valence-corrected chi connectivity index (χ3v) is 2.57. The summed E-state index contributed by atoms with van der Waals surface area (Å²) in [5.74, 6) is 0.161. The molecule has 0 saturated carbocycles. The summed E-state index contributed by atoms with van der Waals surface area (Å²) in [5.41, 5.74) is -0.231. The fourth-order valence-electron chi connectivity index (χ4n) is 0.905. The molecule has 0 unspecified atom stereocenters. The second kappa shape index (κ2) is 4.78. The zero-order valence-electron chi connectivity index (χ0n) is 10.5. The van der Waals surface area contributed by atoms with E-state index in [0.29, 0.717) is 0 Å². The van der Waals surface area contributed by atoms with Gasteiger partial charge in [-0.3, -0.25) is 4.79 Å². The fourth-order valence-corrected chi connectivity index (χ4v) is 0.905. The Morgan fingerprint density at radius 3 is 2.14 bits per heavy atom. The second-order valence-corrected chi connectivity index (χ2v) is 5.51. The summed E-state index contributed by atoms with van der Waals surface area (Å²) in [6, 6.07) is 0. The highest BCUT2D eigenvalue weighted by Crippen LogP contribution is 2.19. The van der Waals surface area contributed by atoms with Crippen LogP contribution in [0.2, 0.25) is 0 Å². The van der Waals surface area contributed by atoms with Crippen LogP contribution in [0.5, 0.6) is 0 Å². The van der Waals surface area contributed by atoms with Crippen molar-refractivity contribution in [1.29, 1.82) is 0 Å². The monoisotopic (exact) mass is 201 g/mol. The molecule has 3 nitrogen and oxygen atoms in total. The molecule has 0 aromatic heterocycles. The summed E-state index contributed by atoms with van der Waals surface area (Å²) < 4.78 is 0.882. The maximum absolute atomic E-state index is 11.7. The van der Waals surface area contributed by atoms with Crippen LogP contribution < -0.4 is 5.32 Å². The van der Waals surface area contributed by atoms with Gasteiger partial charge >= 0.3 is 0 Å². The number of nitrogens with zero attached hydrogens (tertiary/aromatic N) is 1. The number of nitrogens with one attached hydrogen (secondary N) is 1. The molecule has 0 rings (SSSR count). The van der Waals surface area contributed by atoms with E-state index in [1.54, 1.807) is 0 Å². The average Bonchev–Trinajstić information content (AvgIpc) is 2.02. The topological polar surface area (TPSA) is 29.1 Å². The van der Waals surface area contributed by atoms with Crippen molar-refractivity contribution in [1.82, 2.24) is 5.32 Å². The molecule has 84 valence electrons. The minimum Gasteiger partial charge on any atom is -0.350 e. The van der Waals surface area contributed by atoms with Crippen molar-refractivity contribution in [2.24, 2.45) is 5.41 Å². The number of likely N-dealkylation sites (N-methyl/N-ethyl adjacent to an activating group) is 1. The molecule has 0 spiro atoms. The Balaban J connectivity index is 3.87. The molecule has 0 atom stereocenters. The molecule has 0 aliphatic rings. The minimum atomic E-state index is -0.231. The Kier molecular flexibility index (Phi) is 4.59. The van der Waals surface area contributed by atoms with Crippen LogP contribution in [-0.4, -0.2) is 44.6 Å². The van der Waals surface area contributed by atoms with Crippen molar-refractivity contribution in [3.05, 3.63) is 0 Å². The molecule has 0 heterocycles. The van der Waals surface area contributed by atoms with Crippen LogP contribution >= 0.6 is 0 Å². The van der Waals surface area contributed by atoms with Crippen LogP contribution in [0.1, 0.15) is 27.2 Å². The van der Waals surface area contributed by atoms with Crippen LogP contribution in [0.15, 0.2) is 0 Å². The molecule has 0 aliphatic carbocycles. The van der Waals surface area contributed by atoms with Crippen LogP contribution in [0.4, 0.5) is 0 Å². The molecule has 14 heavy (non-hydrogen) atoms. The van der Waals surface area contributed by atoms with E-state index in [-0.39, 0.29) is 11.3 Å². The zero-order chi connectivity index (χ0) is 11.4. The number of hydrogen-bond acceptors (Lipinski definition) is 1. The summed E-state index contributed by atoms with van der Waals surface area (Å²) in [5, 5.41) is 2.98. The number of carbonyl (C=O) groups is 1. The molecule has 0 aromatic rings. The third-order valence-electron chi connectivity index (χ3n) is 2.57. The van der Waals surface area contributed by atoms with E-state index in [4.69, 9.17) is 0 Å². The van der Waals surface area contributed by atoms with Gasteiger partial charge in [0, 0.05) is 5.41 Å². The standard InChI is InChI=1S/C11H24N2O/c1-7-11(2,3)10(14)12-8-9-13(4,5)6/h7-9H2,1-6H3/p+1. The van der Waals surface area contributed by atoms with Crippen molar-refractivity contribution >= 4 is 5.91 Å². The molecule has 0 saturated heterocycles. The van der Waals surface area contributed by atoms with E-state index in [1.165, 1.54) is 0 Å². The van der Waals surface area contributed by atoms with Gasteiger partial charge in [0.2, 0.25) is 5.91 Å². The van der Waals surface area contributed by atoms with E-state index < -0.39 is 0 Å². The van der Waals surface area contributed by atoms with Crippen LogP contribution in [0.3, 0.4) is 0 Å². The number of hydrogen-bond donors (Lipinski definition) is 1. The predicted molar refractivity (Wildman–Crippen MR) is 60.0 cm³/mol. The Morgan fingerprint density at radius 2 is 1.79 bits per heavy atom. The Morgan fingerprint density at radius 1 is 1.29 bits per heavy atom. The lowest BCUT2D eigenvalue weighted by Gasteiger charge is -2.26. The van der Waals surface area contributed by atoms with Gasteiger partial charge in [-0.25, -0.2) is 0 Å². The van der Waals surface area contributed by atoms with Gasteiger partial charge in [-0.15, -0.1) is 0 Å². The number of rotatable bonds is 5. The van der Waals surface area contributed by atoms with Gasteiger partial charge in [-0.05, 0) is 6.42 Å². The largest absolute Gasteiger partial charge is 0.350 e. The zero-order valence-corrected chi connectivity index (χ0v) is 10.5. The van der Waals surface area contributed by atoms with Gasteiger partial charge in [0.05, 0.1) is 34.2 Å². The van der Waals surface area contributed by atoms with E-state index in [0.717, 1.165) is 24.0 Å². The smallest absolute Gasteiger partial charge is 0.225 e. The van der Waals surface area contributed by atoms with Crippen molar-refractivity contribution < 1.29 is 9.28 Å². The van der Waals surface area contributed by atoms with Crippen molar-refractivity contribution in [2.45, 2.75) is 27.2 Å². The van der Waals surface area contributed by atoms with Gasteiger partial charge in [0.15, 0.2) is 0 Å². The van der Waals surface area contributed by atoms with Gasteiger partial charge < -0.3 is 9.80 Å². The first-order valence-electron chi connectivity index (χ1n) is 5.28. The van der Waals surface area contributed by atoms with Crippen molar-refractivity contribution in [3.8, 4) is 0 Å². The minimum absolute atomic E-state index is 0.161. The van der Waals surface area contributed by atoms with Gasteiger partial charge in [-0.1, -0.05) is 20.8 Å². The van der Waals surface area contributed by atoms with Gasteiger partial charge in [0.25, 0.3) is 0 Å². The first-order valence-corrected chi connectivity index (χ1v) is 5.28. The second-order valence-electron chi connectivity index (χ2n) is 5.51. The SMILES string of the molecule is CCC(C)(C)C(=O)NCC[N+](C)(C)C. The highest BCUT2D eigenvalue weighted by atomic mass is 16.2. The molecule has 3 heteroatoms. The molecular formula is C11H25N2O+. The van der Waals surface area contributed by atoms with Gasteiger partial charge in [0.1, 0.15) is 0 Å². The molecule has 0 aromatic carbocycles. The molecule has 0 radical (unpaired) electrons. The van der Waals surface area contributed by atoms with E-state index >= 15 is 0 Å². The third kappa shape index (κ3) is 5.22. The van der Waals surface area contributed by atoms with Crippen LogP contribution in [-0.2, 0) is 4.79 Å². The Bertz CT molecular complexity index is 192. The first-order chi connectivity index (χ1) is 6.19. The Labute approximate surface area is 88.1 Å². The lowest BCUT2D eigenvalue weighted by Crippen LogP contribution is -2.44. The lowest BCUT2D eigenvalue weighted by atomic mass is 9.89. The summed E-state index contributed by atoms with van der Waals surface area (Å²) in [6.45, 7) is 7.72. The number of amides is 1. The van der Waals surface area contributed by atoms with Crippen LogP contribution in [0.25, 0.3) is 0 Å². The quantitative estimate of drug-likeness (QED) is 0.666. The van der Waals surface area contributed by atoms with Crippen molar-refractivity contribution in [2.75, 3.05) is 34.2 Å². The first kappa shape index (κ1) is 13.4. The van der Waals surface area contributed by atoms with E-state index in [2.05, 4.69) is 26.5 Å². The highest BCUT2D eigenvalue weighted by molar-refractivity contribution is 5.81. The summed E-state index contributed by atoms with van der Waals surface area (Å²) >= 11 is 0. The number of quaternary nitrogens is 1. The molecule has 1 amide bonds. The van der Waals surface area contributed by atoms with E-state index in [9.17, 15) is 4.79 Å². The summed E-state index contributed by atoms with van der Waals surface area (Å²) in [4.78, 5) is 11.7.